The van der Waals surface area contributed by atoms with E-state index in [1.54, 1.807) is 11.1 Å². The van der Waals surface area contributed by atoms with Gasteiger partial charge < -0.3 is 0 Å². The largest absolute Gasteiger partial charge is 0.0622 e. The molecule has 2 fully saturated rings. The molecule has 4 rings (SSSR count). The van der Waals surface area contributed by atoms with Crippen molar-refractivity contribution in [3.05, 3.63) is 71.8 Å². The van der Waals surface area contributed by atoms with Crippen LogP contribution in [0.5, 0.6) is 0 Å². The molecule has 2 aliphatic rings. The quantitative estimate of drug-likeness (QED) is 0.579. The molecule has 126 valence electrons. The summed E-state index contributed by atoms with van der Waals surface area (Å²) in [4.78, 5) is 0. The molecule has 24 heavy (non-hydrogen) atoms. The Balaban J connectivity index is 1.75. The molecule has 0 spiro atoms. The first-order valence-corrected chi connectivity index (χ1v) is 10.0. The van der Waals surface area contributed by atoms with Crippen LogP contribution < -0.4 is 0 Å². The fraction of sp³-hybridized carbons (Fsp3) is 0.500. The topological polar surface area (TPSA) is 0 Å². The van der Waals surface area contributed by atoms with E-state index in [-0.39, 0.29) is 0 Å². The van der Waals surface area contributed by atoms with E-state index in [1.165, 1.54) is 57.8 Å². The van der Waals surface area contributed by atoms with Crippen LogP contribution in [-0.4, -0.2) is 0 Å². The van der Waals surface area contributed by atoms with Gasteiger partial charge in [0, 0.05) is 0 Å². The molecule has 0 bridgehead atoms. The second-order valence-electron chi connectivity index (χ2n) is 7.99. The molecule has 2 atom stereocenters. The maximum absolute atomic E-state index is 2.42. The Hall–Kier alpha value is -1.56. The third-order valence-electron chi connectivity index (χ3n) is 6.80. The van der Waals surface area contributed by atoms with Gasteiger partial charge in [0.1, 0.15) is 0 Å². The van der Waals surface area contributed by atoms with Crippen LogP contribution in [0.15, 0.2) is 60.7 Å². The van der Waals surface area contributed by atoms with E-state index in [0.29, 0.717) is 5.41 Å². The molecule has 2 unspecified atom stereocenters. The average Bonchev–Trinajstić information content (AvgIpc) is 2.70. The highest BCUT2D eigenvalue weighted by molar-refractivity contribution is 5.31. The molecular formula is C24H30. The predicted molar refractivity (Wildman–Crippen MR) is 102 cm³/mol. The molecule has 0 saturated heterocycles. The molecule has 0 aliphatic heterocycles. The standard InChI is InChI=1S/C24H30/c1-4-12-20(13-5-1)22-16-8-9-17-23(22)24(18-10-3-11-19-24)21-14-6-2-7-15-21/h1-2,4-7,12-15,22-23H,3,8-11,16-19H2. The van der Waals surface area contributed by atoms with Crippen LogP contribution in [0.4, 0.5) is 0 Å². The maximum atomic E-state index is 2.42. The Kier molecular flexibility index (Phi) is 4.74. The van der Waals surface area contributed by atoms with Crippen molar-refractivity contribution in [2.45, 2.75) is 69.1 Å². The number of rotatable bonds is 3. The molecule has 0 aromatic heterocycles. The van der Waals surface area contributed by atoms with Gasteiger partial charge in [-0.2, -0.15) is 0 Å². The molecule has 0 heterocycles. The van der Waals surface area contributed by atoms with Gasteiger partial charge in [0.25, 0.3) is 0 Å². The van der Waals surface area contributed by atoms with Gasteiger partial charge in [-0.1, -0.05) is 92.8 Å². The molecule has 0 radical (unpaired) electrons. The van der Waals surface area contributed by atoms with Gasteiger partial charge in [-0.3, -0.25) is 0 Å². The molecular weight excluding hydrogens is 288 g/mol. The first kappa shape index (κ1) is 15.9. The fourth-order valence-corrected chi connectivity index (χ4v) is 5.72. The van der Waals surface area contributed by atoms with Gasteiger partial charge in [0.05, 0.1) is 0 Å². The molecule has 2 aromatic rings. The van der Waals surface area contributed by atoms with Crippen molar-refractivity contribution in [2.75, 3.05) is 0 Å². The van der Waals surface area contributed by atoms with Crippen molar-refractivity contribution in [3.8, 4) is 0 Å². The van der Waals surface area contributed by atoms with E-state index in [1.807, 2.05) is 0 Å². The molecule has 2 aromatic carbocycles. The molecule has 0 N–H and O–H groups in total. The van der Waals surface area contributed by atoms with E-state index in [2.05, 4.69) is 60.7 Å². The lowest BCUT2D eigenvalue weighted by Crippen LogP contribution is -2.42. The second-order valence-corrected chi connectivity index (χ2v) is 7.99. The van der Waals surface area contributed by atoms with E-state index >= 15 is 0 Å². The normalized spacial score (nSPS) is 26.8. The summed E-state index contributed by atoms with van der Waals surface area (Å²) in [6.45, 7) is 0. The van der Waals surface area contributed by atoms with Gasteiger partial charge in [0.15, 0.2) is 0 Å². The zero-order chi connectivity index (χ0) is 16.2. The summed E-state index contributed by atoms with van der Waals surface area (Å²) in [5.41, 5.74) is 3.63. The summed E-state index contributed by atoms with van der Waals surface area (Å²) in [5.74, 6) is 1.56. The average molecular weight is 319 g/mol. The zero-order valence-corrected chi connectivity index (χ0v) is 14.8. The highest BCUT2D eigenvalue weighted by Gasteiger charge is 2.45. The predicted octanol–water partition coefficient (Wildman–Crippen LogP) is 6.86. The van der Waals surface area contributed by atoms with Gasteiger partial charge >= 0.3 is 0 Å². The Labute approximate surface area is 147 Å². The lowest BCUT2D eigenvalue weighted by molar-refractivity contribution is 0.126. The first-order chi connectivity index (χ1) is 11.9. The summed E-state index contributed by atoms with van der Waals surface area (Å²) in [6, 6.07) is 22.9. The van der Waals surface area contributed by atoms with Crippen LogP contribution in [0.3, 0.4) is 0 Å². The monoisotopic (exact) mass is 318 g/mol. The van der Waals surface area contributed by atoms with Crippen molar-refractivity contribution in [1.82, 2.24) is 0 Å². The van der Waals surface area contributed by atoms with Crippen molar-refractivity contribution >= 4 is 0 Å². The van der Waals surface area contributed by atoms with E-state index < -0.39 is 0 Å². The van der Waals surface area contributed by atoms with Crippen LogP contribution in [0.25, 0.3) is 0 Å². The number of benzene rings is 2. The Morgan fingerprint density at radius 3 is 1.96 bits per heavy atom. The highest BCUT2D eigenvalue weighted by atomic mass is 14.5. The first-order valence-electron chi connectivity index (χ1n) is 10.0. The van der Waals surface area contributed by atoms with Crippen molar-refractivity contribution < 1.29 is 0 Å². The van der Waals surface area contributed by atoms with Crippen molar-refractivity contribution in [1.29, 1.82) is 0 Å². The van der Waals surface area contributed by atoms with Crippen LogP contribution in [0.1, 0.15) is 74.8 Å². The van der Waals surface area contributed by atoms with E-state index in [9.17, 15) is 0 Å². The minimum atomic E-state index is 0.417. The van der Waals surface area contributed by atoms with Gasteiger partial charge in [-0.15, -0.1) is 0 Å². The lowest BCUT2D eigenvalue weighted by atomic mass is 9.55. The minimum Gasteiger partial charge on any atom is -0.0622 e. The third kappa shape index (κ3) is 2.92. The molecule has 0 amide bonds. The van der Waals surface area contributed by atoms with Crippen molar-refractivity contribution in [3.63, 3.8) is 0 Å². The SMILES string of the molecule is c1ccc(C2CCCCC2C2(c3ccccc3)CCCCC2)cc1. The number of hydrogen-bond acceptors (Lipinski definition) is 0. The van der Waals surface area contributed by atoms with Crippen LogP contribution in [-0.2, 0) is 5.41 Å². The van der Waals surface area contributed by atoms with Crippen molar-refractivity contribution in [2.24, 2.45) is 5.92 Å². The van der Waals surface area contributed by atoms with E-state index in [4.69, 9.17) is 0 Å². The maximum Gasteiger partial charge on any atom is -0.00129 e. The molecule has 2 saturated carbocycles. The number of hydrogen-bond donors (Lipinski definition) is 0. The van der Waals surface area contributed by atoms with Crippen LogP contribution >= 0.6 is 0 Å². The van der Waals surface area contributed by atoms with E-state index in [0.717, 1.165) is 11.8 Å². The summed E-state index contributed by atoms with van der Waals surface area (Å²) in [5, 5.41) is 0. The van der Waals surface area contributed by atoms with Gasteiger partial charge in [0.2, 0.25) is 0 Å². The Bertz CT molecular complexity index is 622. The molecule has 0 nitrogen and oxygen atoms in total. The molecule has 0 heteroatoms. The smallest absolute Gasteiger partial charge is 0.00129 e. The summed E-state index contributed by atoms with van der Waals surface area (Å²) < 4.78 is 0. The highest BCUT2D eigenvalue weighted by Crippen LogP contribution is 2.54. The zero-order valence-electron chi connectivity index (χ0n) is 14.8. The third-order valence-corrected chi connectivity index (χ3v) is 6.80. The molecule has 2 aliphatic carbocycles. The second kappa shape index (κ2) is 7.13. The minimum absolute atomic E-state index is 0.417. The van der Waals surface area contributed by atoms with Crippen LogP contribution in [0.2, 0.25) is 0 Å². The van der Waals surface area contributed by atoms with Crippen LogP contribution in [0, 0.1) is 5.92 Å². The Morgan fingerprint density at radius 2 is 1.25 bits per heavy atom. The summed E-state index contributed by atoms with van der Waals surface area (Å²) in [7, 11) is 0. The summed E-state index contributed by atoms with van der Waals surface area (Å²) >= 11 is 0. The fourth-order valence-electron chi connectivity index (χ4n) is 5.72. The Morgan fingerprint density at radius 1 is 0.625 bits per heavy atom. The summed E-state index contributed by atoms with van der Waals surface area (Å²) in [6.07, 6.45) is 12.6. The van der Waals surface area contributed by atoms with Gasteiger partial charge in [-0.05, 0) is 54.1 Å². The lowest BCUT2D eigenvalue weighted by Gasteiger charge is -2.49. The van der Waals surface area contributed by atoms with Gasteiger partial charge in [-0.25, -0.2) is 0 Å².